The van der Waals surface area contributed by atoms with E-state index >= 15 is 0 Å². The first kappa shape index (κ1) is 13.6. The van der Waals surface area contributed by atoms with Crippen LogP contribution in [-0.2, 0) is 11.0 Å². The summed E-state index contributed by atoms with van der Waals surface area (Å²) in [6.45, 7) is 1.40. The van der Waals surface area contributed by atoms with E-state index in [9.17, 15) is 18.0 Å². The standard InChI is InChI=1S/C11H8F3NOS/c1-8(16)17-4-2-3-9-5-10(7-15-6-9)11(12,13)14/h5-7H,4H2,1H3. The van der Waals surface area contributed by atoms with Crippen molar-refractivity contribution in [2.75, 3.05) is 5.75 Å². The average Bonchev–Trinajstić information content (AvgIpc) is 2.23. The summed E-state index contributed by atoms with van der Waals surface area (Å²) < 4.78 is 37.0. The second-order valence-electron chi connectivity index (χ2n) is 3.04. The second kappa shape index (κ2) is 5.73. The first-order valence-electron chi connectivity index (χ1n) is 4.54. The Labute approximate surface area is 101 Å². The molecule has 90 valence electrons. The summed E-state index contributed by atoms with van der Waals surface area (Å²) in [6.07, 6.45) is -2.42. The van der Waals surface area contributed by atoms with Crippen molar-refractivity contribution < 1.29 is 18.0 Å². The number of thioether (sulfide) groups is 1. The van der Waals surface area contributed by atoms with Crippen LogP contribution in [0.25, 0.3) is 0 Å². The number of nitrogens with zero attached hydrogens (tertiary/aromatic N) is 1. The smallest absolute Gasteiger partial charge is 0.288 e. The van der Waals surface area contributed by atoms with Crippen LogP contribution in [0.4, 0.5) is 13.2 Å². The van der Waals surface area contributed by atoms with Gasteiger partial charge in [-0.15, -0.1) is 0 Å². The molecule has 0 bridgehead atoms. The molecule has 0 saturated carbocycles. The van der Waals surface area contributed by atoms with Gasteiger partial charge in [0.15, 0.2) is 5.12 Å². The zero-order valence-corrected chi connectivity index (χ0v) is 9.65. The summed E-state index contributed by atoms with van der Waals surface area (Å²) in [5, 5.41) is -0.0820. The Morgan fingerprint density at radius 2 is 2.18 bits per heavy atom. The lowest BCUT2D eigenvalue weighted by atomic mass is 10.2. The molecule has 1 aromatic heterocycles. The minimum atomic E-state index is -4.42. The summed E-state index contributed by atoms with van der Waals surface area (Å²) in [5.41, 5.74) is -0.646. The molecule has 17 heavy (non-hydrogen) atoms. The van der Waals surface area contributed by atoms with E-state index in [-0.39, 0.29) is 16.4 Å². The van der Waals surface area contributed by atoms with E-state index in [1.165, 1.54) is 13.1 Å². The van der Waals surface area contributed by atoms with Crippen molar-refractivity contribution in [3.05, 3.63) is 29.6 Å². The van der Waals surface area contributed by atoms with Gasteiger partial charge in [0.05, 0.1) is 11.3 Å². The number of rotatable bonds is 1. The van der Waals surface area contributed by atoms with Gasteiger partial charge < -0.3 is 0 Å². The molecule has 0 spiro atoms. The highest BCUT2D eigenvalue weighted by Gasteiger charge is 2.30. The molecule has 0 aliphatic rings. The molecular weight excluding hydrogens is 251 g/mol. The number of carbonyl (C=O) groups is 1. The maximum Gasteiger partial charge on any atom is 0.417 e. The first-order valence-corrected chi connectivity index (χ1v) is 5.52. The molecule has 0 N–H and O–H groups in total. The third kappa shape index (κ3) is 4.91. The van der Waals surface area contributed by atoms with E-state index in [1.54, 1.807) is 0 Å². The molecule has 0 aliphatic heterocycles. The molecule has 0 fully saturated rings. The lowest BCUT2D eigenvalue weighted by Gasteiger charge is -2.05. The van der Waals surface area contributed by atoms with Crippen molar-refractivity contribution in [3.63, 3.8) is 0 Å². The number of pyridine rings is 1. The van der Waals surface area contributed by atoms with Gasteiger partial charge in [0.2, 0.25) is 0 Å². The number of halogens is 3. The van der Waals surface area contributed by atoms with Crippen molar-refractivity contribution in [3.8, 4) is 11.8 Å². The van der Waals surface area contributed by atoms with Crippen molar-refractivity contribution in [1.82, 2.24) is 4.98 Å². The molecule has 1 aromatic rings. The van der Waals surface area contributed by atoms with E-state index in [0.29, 0.717) is 0 Å². The van der Waals surface area contributed by atoms with Crippen LogP contribution in [0.5, 0.6) is 0 Å². The largest absolute Gasteiger partial charge is 0.417 e. The van der Waals surface area contributed by atoms with Crippen molar-refractivity contribution in [2.24, 2.45) is 0 Å². The molecular formula is C11H8F3NOS. The molecule has 0 saturated heterocycles. The summed E-state index contributed by atoms with van der Waals surface area (Å²) in [6, 6.07) is 0.929. The Hall–Kier alpha value is -1.48. The maximum atomic E-state index is 12.3. The van der Waals surface area contributed by atoms with E-state index < -0.39 is 11.7 Å². The zero-order valence-electron chi connectivity index (χ0n) is 8.84. The van der Waals surface area contributed by atoms with E-state index in [2.05, 4.69) is 16.8 Å². The van der Waals surface area contributed by atoms with Crippen molar-refractivity contribution >= 4 is 16.9 Å². The molecule has 0 unspecified atom stereocenters. The van der Waals surface area contributed by atoms with Gasteiger partial charge in [-0.1, -0.05) is 23.6 Å². The predicted molar refractivity (Wildman–Crippen MR) is 59.3 cm³/mol. The predicted octanol–water partition coefficient (Wildman–Crippen LogP) is 2.73. The van der Waals surface area contributed by atoms with Crippen LogP contribution < -0.4 is 0 Å². The Morgan fingerprint density at radius 1 is 1.47 bits per heavy atom. The fraction of sp³-hybridized carbons (Fsp3) is 0.273. The zero-order chi connectivity index (χ0) is 12.9. The summed E-state index contributed by atoms with van der Waals surface area (Å²) in [5.74, 6) is 5.38. The topological polar surface area (TPSA) is 30.0 Å². The minimum Gasteiger partial charge on any atom is -0.288 e. The lowest BCUT2D eigenvalue weighted by Crippen LogP contribution is -2.05. The highest BCUT2D eigenvalue weighted by molar-refractivity contribution is 8.13. The van der Waals surface area contributed by atoms with E-state index in [4.69, 9.17) is 0 Å². The van der Waals surface area contributed by atoms with Crippen molar-refractivity contribution in [1.29, 1.82) is 0 Å². The quantitative estimate of drug-likeness (QED) is 0.726. The van der Waals surface area contributed by atoms with Crippen LogP contribution in [0.3, 0.4) is 0 Å². The average molecular weight is 259 g/mol. The van der Waals surface area contributed by atoms with E-state index in [1.807, 2.05) is 0 Å². The van der Waals surface area contributed by atoms with Gasteiger partial charge in [0.1, 0.15) is 0 Å². The fourth-order valence-corrected chi connectivity index (χ4v) is 1.29. The van der Waals surface area contributed by atoms with Crippen LogP contribution in [0, 0.1) is 11.8 Å². The third-order valence-corrected chi connectivity index (χ3v) is 2.34. The molecule has 2 nitrogen and oxygen atoms in total. The van der Waals surface area contributed by atoms with Crippen LogP contribution in [0.1, 0.15) is 18.1 Å². The highest BCUT2D eigenvalue weighted by atomic mass is 32.2. The number of hydrogen-bond acceptors (Lipinski definition) is 3. The molecule has 1 rings (SSSR count). The Morgan fingerprint density at radius 3 is 2.76 bits per heavy atom. The number of aromatic nitrogens is 1. The summed E-state index contributed by atoms with van der Waals surface area (Å²) in [7, 11) is 0. The Kier molecular flexibility index (Phi) is 4.58. The van der Waals surface area contributed by atoms with Crippen LogP contribution >= 0.6 is 11.8 Å². The highest BCUT2D eigenvalue weighted by Crippen LogP contribution is 2.28. The van der Waals surface area contributed by atoms with Crippen LogP contribution in [0.2, 0.25) is 0 Å². The van der Waals surface area contributed by atoms with Gasteiger partial charge in [-0.2, -0.15) is 13.2 Å². The molecule has 6 heteroatoms. The van der Waals surface area contributed by atoms with Gasteiger partial charge in [0, 0.05) is 24.9 Å². The number of carbonyl (C=O) groups excluding carboxylic acids is 1. The minimum absolute atomic E-state index is 0.0820. The van der Waals surface area contributed by atoms with Crippen LogP contribution in [-0.4, -0.2) is 15.9 Å². The number of hydrogen-bond donors (Lipinski definition) is 0. The summed E-state index contributed by atoms with van der Waals surface area (Å²) in [4.78, 5) is 14.0. The number of alkyl halides is 3. The van der Waals surface area contributed by atoms with E-state index in [0.717, 1.165) is 24.0 Å². The molecule has 0 radical (unpaired) electrons. The maximum absolute atomic E-state index is 12.3. The molecule has 0 atom stereocenters. The fourth-order valence-electron chi connectivity index (χ4n) is 0.939. The second-order valence-corrected chi connectivity index (χ2v) is 4.19. The SMILES string of the molecule is CC(=O)SCC#Cc1cncc(C(F)(F)F)c1. The monoisotopic (exact) mass is 259 g/mol. The lowest BCUT2D eigenvalue weighted by molar-refractivity contribution is -0.137. The normalized spacial score (nSPS) is 10.6. The van der Waals surface area contributed by atoms with Gasteiger partial charge in [-0.05, 0) is 6.07 Å². The van der Waals surface area contributed by atoms with Gasteiger partial charge in [0.25, 0.3) is 0 Å². The van der Waals surface area contributed by atoms with Gasteiger partial charge in [-0.25, -0.2) is 0 Å². The Bertz CT molecular complexity index is 474. The van der Waals surface area contributed by atoms with Crippen molar-refractivity contribution in [2.45, 2.75) is 13.1 Å². The van der Waals surface area contributed by atoms with Crippen LogP contribution in [0.15, 0.2) is 18.5 Å². The molecule has 1 heterocycles. The van der Waals surface area contributed by atoms with Gasteiger partial charge in [-0.3, -0.25) is 9.78 Å². The summed E-state index contributed by atoms with van der Waals surface area (Å²) >= 11 is 1.01. The van der Waals surface area contributed by atoms with Gasteiger partial charge >= 0.3 is 6.18 Å². The third-order valence-electron chi connectivity index (χ3n) is 1.65. The molecule has 0 amide bonds. The first-order chi connectivity index (χ1) is 7.89. The molecule has 0 aliphatic carbocycles. The molecule has 0 aromatic carbocycles. The Balaban J connectivity index is 2.76.